The van der Waals surface area contributed by atoms with Gasteiger partial charge >= 0.3 is 6.18 Å². The van der Waals surface area contributed by atoms with Crippen molar-refractivity contribution in [2.75, 3.05) is 5.32 Å². The highest BCUT2D eigenvalue weighted by atomic mass is 35.5. The first-order valence-electron chi connectivity index (χ1n) is 11.7. The van der Waals surface area contributed by atoms with E-state index >= 15 is 0 Å². The SMILES string of the molecule is CCC1CC1NC(=O)c1cc2ccccc2c(Cl)c1NC(=O)c1cc(C(F)(F)F)nn1-c1ncccc1Cl. The van der Waals surface area contributed by atoms with E-state index < -0.39 is 29.4 Å². The van der Waals surface area contributed by atoms with E-state index in [1.165, 1.54) is 18.3 Å². The molecular formula is C26H20Cl2F3N5O2. The van der Waals surface area contributed by atoms with Gasteiger partial charge in [0.25, 0.3) is 11.8 Å². The van der Waals surface area contributed by atoms with Crippen molar-refractivity contribution in [2.45, 2.75) is 32.0 Å². The second kappa shape index (κ2) is 9.92. The Balaban J connectivity index is 1.59. The van der Waals surface area contributed by atoms with Gasteiger partial charge in [-0.3, -0.25) is 9.59 Å². The molecular weight excluding hydrogens is 542 g/mol. The number of anilines is 1. The summed E-state index contributed by atoms with van der Waals surface area (Å²) >= 11 is 12.8. The van der Waals surface area contributed by atoms with E-state index in [9.17, 15) is 22.8 Å². The number of hydrogen-bond acceptors (Lipinski definition) is 4. The van der Waals surface area contributed by atoms with Crippen molar-refractivity contribution in [3.05, 3.63) is 81.7 Å². The number of nitrogens with one attached hydrogen (secondary N) is 2. The molecule has 196 valence electrons. The summed E-state index contributed by atoms with van der Waals surface area (Å²) in [6.07, 6.45) is -1.78. The molecule has 1 saturated carbocycles. The van der Waals surface area contributed by atoms with Crippen molar-refractivity contribution < 1.29 is 22.8 Å². The molecule has 2 atom stereocenters. The van der Waals surface area contributed by atoms with Gasteiger partial charge in [-0.2, -0.15) is 18.3 Å². The highest BCUT2D eigenvalue weighted by molar-refractivity contribution is 6.40. The number of rotatable bonds is 6. The van der Waals surface area contributed by atoms with Crippen LogP contribution in [-0.4, -0.2) is 32.6 Å². The van der Waals surface area contributed by atoms with Gasteiger partial charge in [-0.15, -0.1) is 0 Å². The number of alkyl halides is 3. The summed E-state index contributed by atoms with van der Waals surface area (Å²) in [6.45, 7) is 2.03. The summed E-state index contributed by atoms with van der Waals surface area (Å²) in [6, 6.07) is 12.1. The zero-order valence-corrected chi connectivity index (χ0v) is 21.3. The molecule has 2 heterocycles. The van der Waals surface area contributed by atoms with Crippen molar-refractivity contribution in [3.63, 3.8) is 0 Å². The molecule has 5 rings (SSSR count). The Hall–Kier alpha value is -3.63. The van der Waals surface area contributed by atoms with Crippen LogP contribution in [0.2, 0.25) is 10.0 Å². The summed E-state index contributed by atoms with van der Waals surface area (Å²) in [5, 5.41) is 10.3. The van der Waals surface area contributed by atoms with Crippen LogP contribution in [0.1, 0.15) is 46.3 Å². The molecule has 2 aromatic carbocycles. The fourth-order valence-electron chi connectivity index (χ4n) is 4.28. The van der Waals surface area contributed by atoms with Gasteiger partial charge in [0.2, 0.25) is 0 Å². The van der Waals surface area contributed by atoms with Crippen LogP contribution in [0.5, 0.6) is 0 Å². The van der Waals surface area contributed by atoms with Crippen LogP contribution in [-0.2, 0) is 6.18 Å². The van der Waals surface area contributed by atoms with E-state index in [2.05, 4.69) is 20.7 Å². The maximum absolute atomic E-state index is 13.5. The van der Waals surface area contributed by atoms with Crippen molar-refractivity contribution in [2.24, 2.45) is 5.92 Å². The zero-order valence-electron chi connectivity index (χ0n) is 19.8. The minimum Gasteiger partial charge on any atom is -0.349 e. The van der Waals surface area contributed by atoms with Crippen LogP contribution in [0.3, 0.4) is 0 Å². The molecule has 0 bridgehead atoms. The molecule has 1 fully saturated rings. The molecule has 2 amide bonds. The van der Waals surface area contributed by atoms with Gasteiger partial charge in [0, 0.05) is 23.7 Å². The Kier molecular flexibility index (Phi) is 6.79. The minimum absolute atomic E-state index is 0.00312. The summed E-state index contributed by atoms with van der Waals surface area (Å²) in [5.41, 5.74) is -1.76. The quantitative estimate of drug-likeness (QED) is 0.280. The van der Waals surface area contributed by atoms with Crippen molar-refractivity contribution in [1.29, 1.82) is 0 Å². The number of nitrogens with zero attached hydrogens (tertiary/aromatic N) is 3. The summed E-state index contributed by atoms with van der Waals surface area (Å²) in [7, 11) is 0. The third-order valence-electron chi connectivity index (χ3n) is 6.40. The maximum Gasteiger partial charge on any atom is 0.435 e. The molecule has 0 saturated heterocycles. The van der Waals surface area contributed by atoms with Crippen molar-refractivity contribution in [3.8, 4) is 5.82 Å². The number of fused-ring (bicyclic) bond motifs is 1. The van der Waals surface area contributed by atoms with Gasteiger partial charge in [0.05, 0.1) is 21.3 Å². The summed E-state index contributed by atoms with van der Waals surface area (Å²) in [5.74, 6) is -1.24. The summed E-state index contributed by atoms with van der Waals surface area (Å²) in [4.78, 5) is 30.7. The fraction of sp³-hybridized carbons (Fsp3) is 0.231. The monoisotopic (exact) mass is 561 g/mol. The number of amides is 2. The molecule has 2 aromatic heterocycles. The van der Waals surface area contributed by atoms with Crippen LogP contribution in [0.15, 0.2) is 54.7 Å². The Morgan fingerprint density at radius 2 is 1.87 bits per heavy atom. The van der Waals surface area contributed by atoms with Crippen LogP contribution < -0.4 is 10.6 Å². The van der Waals surface area contributed by atoms with Gasteiger partial charge < -0.3 is 10.6 Å². The highest BCUT2D eigenvalue weighted by Gasteiger charge is 2.38. The predicted octanol–water partition coefficient (Wildman–Crippen LogP) is 6.53. The molecule has 0 spiro atoms. The fourth-order valence-corrected chi connectivity index (χ4v) is 4.80. The third kappa shape index (κ3) is 4.93. The minimum atomic E-state index is -4.84. The Labute approximate surface area is 224 Å². The van der Waals surface area contributed by atoms with Gasteiger partial charge in [0.15, 0.2) is 11.5 Å². The lowest BCUT2D eigenvalue weighted by molar-refractivity contribution is -0.141. The number of pyridine rings is 1. The lowest BCUT2D eigenvalue weighted by atomic mass is 10.0. The molecule has 0 radical (unpaired) electrons. The Morgan fingerprint density at radius 3 is 2.55 bits per heavy atom. The number of halogens is 5. The number of carbonyl (C=O) groups excluding carboxylic acids is 2. The van der Waals surface area contributed by atoms with E-state index in [1.54, 1.807) is 30.3 Å². The normalized spacial score (nSPS) is 16.9. The second-order valence-electron chi connectivity index (χ2n) is 8.91. The van der Waals surface area contributed by atoms with Gasteiger partial charge in [-0.25, -0.2) is 9.67 Å². The first-order valence-corrected chi connectivity index (χ1v) is 12.5. The largest absolute Gasteiger partial charge is 0.435 e. The van der Waals surface area contributed by atoms with Gasteiger partial charge in [-0.05, 0) is 35.9 Å². The number of aromatic nitrogens is 3. The Morgan fingerprint density at radius 1 is 1.11 bits per heavy atom. The van der Waals surface area contributed by atoms with Crippen LogP contribution in [0, 0.1) is 5.92 Å². The zero-order chi connectivity index (χ0) is 27.2. The van der Waals surface area contributed by atoms with Crippen molar-refractivity contribution in [1.82, 2.24) is 20.1 Å². The standard InChI is InChI=1S/C26H20Cl2F3N5O2/c1-2-13-11-18(13)33-24(37)16-10-14-6-3-4-7-15(14)21(28)22(16)34-25(38)19-12-20(26(29,30)31)35-36(19)23-17(27)8-5-9-32-23/h3-10,12-13,18H,2,11H2,1H3,(H,33,37)(H,34,38). The lowest BCUT2D eigenvalue weighted by Gasteiger charge is -2.16. The lowest BCUT2D eigenvalue weighted by Crippen LogP contribution is -2.28. The molecule has 2 N–H and O–H groups in total. The van der Waals surface area contributed by atoms with E-state index in [-0.39, 0.29) is 33.2 Å². The molecule has 4 aromatic rings. The molecule has 1 aliphatic carbocycles. The van der Waals surface area contributed by atoms with E-state index in [1.807, 2.05) is 6.92 Å². The number of carbonyl (C=O) groups is 2. The highest BCUT2D eigenvalue weighted by Crippen LogP contribution is 2.38. The van der Waals surface area contributed by atoms with Crippen LogP contribution >= 0.6 is 23.2 Å². The number of hydrogen-bond donors (Lipinski definition) is 2. The molecule has 12 heteroatoms. The molecule has 7 nitrogen and oxygen atoms in total. The van der Waals surface area contributed by atoms with E-state index in [0.29, 0.717) is 27.4 Å². The average molecular weight is 562 g/mol. The van der Waals surface area contributed by atoms with Crippen LogP contribution in [0.4, 0.5) is 18.9 Å². The van der Waals surface area contributed by atoms with Gasteiger partial charge in [-0.1, -0.05) is 60.8 Å². The predicted molar refractivity (Wildman–Crippen MR) is 138 cm³/mol. The maximum atomic E-state index is 13.5. The van der Waals surface area contributed by atoms with Crippen LogP contribution in [0.25, 0.3) is 16.6 Å². The first-order chi connectivity index (χ1) is 18.1. The second-order valence-corrected chi connectivity index (χ2v) is 9.69. The van der Waals surface area contributed by atoms with E-state index in [0.717, 1.165) is 12.8 Å². The molecule has 1 aliphatic rings. The smallest absolute Gasteiger partial charge is 0.349 e. The topological polar surface area (TPSA) is 88.9 Å². The molecule has 2 unspecified atom stereocenters. The first kappa shape index (κ1) is 26.0. The summed E-state index contributed by atoms with van der Waals surface area (Å²) < 4.78 is 41.4. The van der Waals surface area contributed by atoms with Crippen molar-refractivity contribution >= 4 is 51.5 Å². The molecule has 38 heavy (non-hydrogen) atoms. The Bertz CT molecular complexity index is 1570. The third-order valence-corrected chi connectivity index (χ3v) is 7.09. The number of benzene rings is 2. The average Bonchev–Trinajstić information content (AvgIpc) is 3.47. The van der Waals surface area contributed by atoms with E-state index in [4.69, 9.17) is 23.2 Å². The van der Waals surface area contributed by atoms with Gasteiger partial charge in [0.1, 0.15) is 5.69 Å². The molecule has 0 aliphatic heterocycles.